The van der Waals surface area contributed by atoms with Crippen LogP contribution in [-0.2, 0) is 12.3 Å². The van der Waals surface area contributed by atoms with Crippen LogP contribution < -0.4 is 5.56 Å². The monoisotopic (exact) mass is 329 g/mol. The molecule has 2 aromatic heterocycles. The average Bonchev–Trinajstić information content (AvgIpc) is 2.94. The first-order valence-electron chi connectivity index (χ1n) is 7.59. The second-order valence-corrected chi connectivity index (χ2v) is 6.88. The van der Waals surface area contributed by atoms with Crippen molar-refractivity contribution >= 4 is 22.7 Å². The number of thioether (sulfide) groups is 1. The first-order valence-corrected chi connectivity index (χ1v) is 8.57. The summed E-state index contributed by atoms with van der Waals surface area (Å²) in [6, 6.07) is 9.38. The molecule has 120 valence electrons. The molecule has 6 heteroatoms. The fraction of sp³-hybridized carbons (Fsp3) is 0.353. The van der Waals surface area contributed by atoms with E-state index in [9.17, 15) is 4.79 Å². The van der Waals surface area contributed by atoms with Crippen molar-refractivity contribution < 1.29 is 4.52 Å². The van der Waals surface area contributed by atoms with Gasteiger partial charge in [0, 0.05) is 18.4 Å². The number of hydrogen-bond donors (Lipinski definition) is 0. The van der Waals surface area contributed by atoms with Gasteiger partial charge in [0.2, 0.25) is 0 Å². The van der Waals surface area contributed by atoms with E-state index in [4.69, 9.17) is 4.52 Å². The van der Waals surface area contributed by atoms with Crippen LogP contribution in [0.1, 0.15) is 25.3 Å². The van der Waals surface area contributed by atoms with Crippen LogP contribution in [0.25, 0.3) is 10.9 Å². The molecule has 23 heavy (non-hydrogen) atoms. The van der Waals surface area contributed by atoms with Gasteiger partial charge in [-0.3, -0.25) is 9.36 Å². The van der Waals surface area contributed by atoms with Crippen molar-refractivity contribution in [1.82, 2.24) is 14.7 Å². The van der Waals surface area contributed by atoms with Gasteiger partial charge in [-0.2, -0.15) is 0 Å². The normalized spacial score (nSPS) is 11.5. The Balaban J connectivity index is 2.00. The van der Waals surface area contributed by atoms with Crippen molar-refractivity contribution in [2.24, 2.45) is 5.92 Å². The minimum atomic E-state index is 0.0168. The maximum Gasteiger partial charge on any atom is 0.262 e. The van der Waals surface area contributed by atoms with Crippen molar-refractivity contribution in [1.29, 1.82) is 0 Å². The number of rotatable bonds is 5. The smallest absolute Gasteiger partial charge is 0.262 e. The van der Waals surface area contributed by atoms with Crippen LogP contribution in [0.3, 0.4) is 0 Å². The van der Waals surface area contributed by atoms with E-state index in [1.165, 1.54) is 11.8 Å². The number of nitrogens with zero attached hydrogens (tertiary/aromatic N) is 3. The van der Waals surface area contributed by atoms with Crippen molar-refractivity contribution in [2.45, 2.75) is 38.2 Å². The fourth-order valence-electron chi connectivity index (χ4n) is 2.41. The van der Waals surface area contributed by atoms with Gasteiger partial charge in [0.15, 0.2) is 5.16 Å². The lowest BCUT2D eigenvalue weighted by atomic mass is 10.2. The Morgan fingerprint density at radius 2 is 2.09 bits per heavy atom. The lowest BCUT2D eigenvalue weighted by Crippen LogP contribution is -2.25. The Bertz CT molecular complexity index is 883. The predicted octanol–water partition coefficient (Wildman–Crippen LogP) is 3.64. The molecule has 0 atom stereocenters. The second-order valence-electron chi connectivity index (χ2n) is 5.94. The zero-order chi connectivity index (χ0) is 16.4. The molecule has 5 nitrogen and oxygen atoms in total. The molecule has 0 bridgehead atoms. The molecule has 3 aromatic rings. The van der Waals surface area contributed by atoms with E-state index in [1.54, 1.807) is 4.57 Å². The Morgan fingerprint density at radius 3 is 2.78 bits per heavy atom. The zero-order valence-electron chi connectivity index (χ0n) is 13.4. The van der Waals surface area contributed by atoms with E-state index in [2.05, 4.69) is 24.0 Å². The van der Waals surface area contributed by atoms with Crippen LogP contribution in [0.2, 0.25) is 0 Å². The summed E-state index contributed by atoms with van der Waals surface area (Å²) in [6.45, 7) is 6.70. The molecule has 0 fully saturated rings. The topological polar surface area (TPSA) is 60.9 Å². The zero-order valence-corrected chi connectivity index (χ0v) is 14.3. The Labute approximate surface area is 138 Å². The van der Waals surface area contributed by atoms with Gasteiger partial charge in [0.1, 0.15) is 5.76 Å². The first kappa shape index (κ1) is 15.8. The minimum Gasteiger partial charge on any atom is -0.361 e. The molecule has 0 spiro atoms. The number of aryl methyl sites for hydroxylation is 1. The third-order valence-electron chi connectivity index (χ3n) is 3.40. The van der Waals surface area contributed by atoms with Gasteiger partial charge in [-0.05, 0) is 25.0 Å². The minimum absolute atomic E-state index is 0.0168. The molecule has 3 rings (SSSR count). The summed E-state index contributed by atoms with van der Waals surface area (Å²) in [6.07, 6.45) is 0. The summed E-state index contributed by atoms with van der Waals surface area (Å²) in [7, 11) is 0. The van der Waals surface area contributed by atoms with Crippen LogP contribution in [0.15, 0.2) is 44.8 Å². The molecule has 0 aliphatic rings. The van der Waals surface area contributed by atoms with Gasteiger partial charge in [0.05, 0.1) is 16.6 Å². The van der Waals surface area contributed by atoms with Gasteiger partial charge in [-0.15, -0.1) is 0 Å². The number of benzene rings is 1. The molecule has 0 saturated carbocycles. The van der Waals surface area contributed by atoms with Gasteiger partial charge >= 0.3 is 0 Å². The summed E-state index contributed by atoms with van der Waals surface area (Å²) in [4.78, 5) is 17.5. The molecule has 1 aromatic carbocycles. The largest absolute Gasteiger partial charge is 0.361 e. The standard InChI is InChI=1S/C17H19N3O2S/c1-11(2)9-20-16(21)14-6-4-5-7-15(14)18-17(20)23-10-13-8-12(3)22-19-13/h4-8,11H,9-10H2,1-3H3. The summed E-state index contributed by atoms with van der Waals surface area (Å²) in [5.41, 5.74) is 1.60. The molecule has 0 unspecified atom stereocenters. The second kappa shape index (κ2) is 6.58. The first-order chi connectivity index (χ1) is 11.0. The molecule has 0 saturated heterocycles. The van der Waals surface area contributed by atoms with Crippen LogP contribution in [0.4, 0.5) is 0 Å². The van der Waals surface area contributed by atoms with Crippen molar-refractivity contribution in [2.75, 3.05) is 0 Å². The SMILES string of the molecule is Cc1cc(CSc2nc3ccccc3c(=O)n2CC(C)C)no1. The van der Waals surface area contributed by atoms with Gasteiger partial charge in [-0.25, -0.2) is 4.98 Å². The van der Waals surface area contributed by atoms with Crippen LogP contribution in [0.5, 0.6) is 0 Å². The van der Waals surface area contributed by atoms with Crippen LogP contribution >= 0.6 is 11.8 Å². The van der Waals surface area contributed by atoms with E-state index >= 15 is 0 Å². The molecular formula is C17H19N3O2S. The predicted molar refractivity (Wildman–Crippen MR) is 91.6 cm³/mol. The highest BCUT2D eigenvalue weighted by atomic mass is 32.2. The van der Waals surface area contributed by atoms with Crippen molar-refractivity contribution in [3.8, 4) is 0 Å². The Morgan fingerprint density at radius 1 is 1.30 bits per heavy atom. The van der Waals surface area contributed by atoms with Crippen molar-refractivity contribution in [3.63, 3.8) is 0 Å². The molecule has 0 aliphatic heterocycles. The summed E-state index contributed by atoms with van der Waals surface area (Å²) in [5.74, 6) is 1.77. The number of fused-ring (bicyclic) bond motifs is 1. The molecule has 0 N–H and O–H groups in total. The maximum absolute atomic E-state index is 12.8. The number of hydrogen-bond acceptors (Lipinski definition) is 5. The van der Waals surface area contributed by atoms with Gasteiger partial charge in [-0.1, -0.05) is 42.9 Å². The highest BCUT2D eigenvalue weighted by Gasteiger charge is 2.13. The molecule has 2 heterocycles. The quantitative estimate of drug-likeness (QED) is 0.528. The maximum atomic E-state index is 12.8. The van der Waals surface area contributed by atoms with Crippen LogP contribution in [0, 0.1) is 12.8 Å². The van der Waals surface area contributed by atoms with E-state index in [0.29, 0.717) is 23.6 Å². The fourth-order valence-corrected chi connectivity index (χ4v) is 3.30. The summed E-state index contributed by atoms with van der Waals surface area (Å²) >= 11 is 1.51. The third kappa shape index (κ3) is 3.47. The average molecular weight is 329 g/mol. The van der Waals surface area contributed by atoms with E-state index in [0.717, 1.165) is 22.1 Å². The summed E-state index contributed by atoms with van der Waals surface area (Å²) in [5, 5.41) is 5.38. The Hall–Kier alpha value is -2.08. The third-order valence-corrected chi connectivity index (χ3v) is 4.41. The van der Waals surface area contributed by atoms with Crippen LogP contribution in [-0.4, -0.2) is 14.7 Å². The number of aromatic nitrogens is 3. The lowest BCUT2D eigenvalue weighted by Gasteiger charge is -2.14. The molecule has 0 aliphatic carbocycles. The highest BCUT2D eigenvalue weighted by Crippen LogP contribution is 2.22. The molecular weight excluding hydrogens is 310 g/mol. The van der Waals surface area contributed by atoms with E-state index in [1.807, 2.05) is 37.3 Å². The highest BCUT2D eigenvalue weighted by molar-refractivity contribution is 7.98. The lowest BCUT2D eigenvalue weighted by molar-refractivity contribution is 0.393. The van der Waals surface area contributed by atoms with E-state index in [-0.39, 0.29) is 5.56 Å². The molecule has 0 amide bonds. The molecule has 0 radical (unpaired) electrons. The summed E-state index contributed by atoms with van der Waals surface area (Å²) < 4.78 is 6.86. The van der Waals surface area contributed by atoms with Gasteiger partial charge in [0.25, 0.3) is 5.56 Å². The Kier molecular flexibility index (Phi) is 4.52. The van der Waals surface area contributed by atoms with Crippen molar-refractivity contribution in [3.05, 3.63) is 52.1 Å². The van der Waals surface area contributed by atoms with Gasteiger partial charge < -0.3 is 4.52 Å². The van der Waals surface area contributed by atoms with E-state index < -0.39 is 0 Å². The number of para-hydroxylation sites is 1.